The first-order valence-electron chi connectivity index (χ1n) is 7.81. The molecule has 1 heterocycles. The summed E-state index contributed by atoms with van der Waals surface area (Å²) in [6.07, 6.45) is 2.62. The van der Waals surface area contributed by atoms with Gasteiger partial charge in [-0.2, -0.15) is 0 Å². The number of nitrogens with one attached hydrogen (secondary N) is 2. The van der Waals surface area contributed by atoms with E-state index in [4.69, 9.17) is 0 Å². The molecule has 1 saturated heterocycles. The molecule has 0 saturated carbocycles. The van der Waals surface area contributed by atoms with Gasteiger partial charge in [0.2, 0.25) is 11.8 Å². The molecule has 1 atom stereocenters. The number of hydrogen-bond donors (Lipinski definition) is 2. The van der Waals surface area contributed by atoms with Gasteiger partial charge in [0, 0.05) is 25.2 Å². The number of hydrogen-bond acceptors (Lipinski definition) is 3. The van der Waals surface area contributed by atoms with Gasteiger partial charge in [0.1, 0.15) is 0 Å². The van der Waals surface area contributed by atoms with Crippen molar-refractivity contribution in [2.24, 2.45) is 0 Å². The molecule has 0 bridgehead atoms. The average Bonchev–Trinajstić information content (AvgIpc) is 2.96. The Bertz CT molecular complexity index is 557. The van der Waals surface area contributed by atoms with E-state index in [1.54, 1.807) is 7.05 Å². The van der Waals surface area contributed by atoms with Gasteiger partial charge in [-0.15, -0.1) is 12.4 Å². The molecule has 0 radical (unpaired) electrons. The highest BCUT2D eigenvalue weighted by atomic mass is 35.5. The number of halogens is 1. The minimum Gasteiger partial charge on any atom is -0.336 e. The third kappa shape index (κ3) is 5.52. The van der Waals surface area contributed by atoms with E-state index in [2.05, 4.69) is 10.6 Å². The number of rotatable bonds is 5. The number of nitrogens with zero attached hydrogens (tertiary/aromatic N) is 1. The first-order valence-corrected chi connectivity index (χ1v) is 7.81. The summed E-state index contributed by atoms with van der Waals surface area (Å²) in [5.74, 6) is -0.153. The van der Waals surface area contributed by atoms with Gasteiger partial charge in [0.05, 0.1) is 6.54 Å². The lowest BCUT2D eigenvalue weighted by Crippen LogP contribution is -2.38. The summed E-state index contributed by atoms with van der Waals surface area (Å²) in [6.45, 7) is 5.05. The molecule has 1 aromatic carbocycles. The summed E-state index contributed by atoms with van der Waals surface area (Å²) >= 11 is 0. The molecule has 23 heavy (non-hydrogen) atoms. The minimum absolute atomic E-state index is 0. The number of benzene rings is 1. The molecule has 1 fully saturated rings. The van der Waals surface area contributed by atoms with Gasteiger partial charge >= 0.3 is 0 Å². The normalized spacial score (nSPS) is 16.6. The summed E-state index contributed by atoms with van der Waals surface area (Å²) in [7, 11) is 1.68. The Hall–Kier alpha value is -1.59. The molecule has 2 rings (SSSR count). The van der Waals surface area contributed by atoms with Crippen molar-refractivity contribution in [3.8, 4) is 0 Å². The van der Waals surface area contributed by atoms with Gasteiger partial charge in [-0.1, -0.05) is 12.1 Å². The second-order valence-corrected chi connectivity index (χ2v) is 6.04. The minimum atomic E-state index is -0.163. The lowest BCUT2D eigenvalue weighted by atomic mass is 10.1. The quantitative estimate of drug-likeness (QED) is 0.865. The van der Waals surface area contributed by atoms with Crippen molar-refractivity contribution >= 4 is 29.9 Å². The van der Waals surface area contributed by atoms with Crippen LogP contribution in [0.15, 0.2) is 18.2 Å². The molecule has 1 aromatic rings. The van der Waals surface area contributed by atoms with Crippen molar-refractivity contribution in [3.05, 3.63) is 29.3 Å². The van der Waals surface area contributed by atoms with Crippen molar-refractivity contribution < 1.29 is 9.59 Å². The van der Waals surface area contributed by atoms with Crippen LogP contribution in [0.5, 0.6) is 0 Å². The summed E-state index contributed by atoms with van der Waals surface area (Å²) < 4.78 is 0. The molecule has 0 aliphatic carbocycles. The molecule has 1 unspecified atom stereocenters. The van der Waals surface area contributed by atoms with Crippen molar-refractivity contribution in [3.63, 3.8) is 0 Å². The number of aryl methyl sites for hydroxylation is 1. The van der Waals surface area contributed by atoms with Crippen molar-refractivity contribution in [1.29, 1.82) is 0 Å². The van der Waals surface area contributed by atoms with E-state index in [9.17, 15) is 9.59 Å². The van der Waals surface area contributed by atoms with E-state index >= 15 is 0 Å². The van der Waals surface area contributed by atoms with Crippen LogP contribution < -0.4 is 10.6 Å². The molecule has 2 amide bonds. The first kappa shape index (κ1) is 19.5. The zero-order valence-electron chi connectivity index (χ0n) is 14.0. The molecule has 6 heteroatoms. The second kappa shape index (κ2) is 8.89. The third-order valence-electron chi connectivity index (χ3n) is 4.27. The number of amides is 2. The largest absolute Gasteiger partial charge is 0.336 e. The lowest BCUT2D eigenvalue weighted by molar-refractivity contribution is -0.133. The highest BCUT2D eigenvalue weighted by molar-refractivity contribution is 5.95. The number of likely N-dealkylation sites (N-methyl/N-ethyl adjacent to an activating group) is 1. The second-order valence-electron chi connectivity index (χ2n) is 6.04. The van der Waals surface area contributed by atoms with E-state index in [1.165, 1.54) is 4.90 Å². The highest BCUT2D eigenvalue weighted by Crippen LogP contribution is 2.18. The van der Waals surface area contributed by atoms with Crippen molar-refractivity contribution in [2.45, 2.75) is 39.2 Å². The fourth-order valence-corrected chi connectivity index (χ4v) is 2.68. The van der Waals surface area contributed by atoms with Crippen molar-refractivity contribution in [1.82, 2.24) is 10.2 Å². The smallest absolute Gasteiger partial charge is 0.243 e. The van der Waals surface area contributed by atoms with E-state index in [0.29, 0.717) is 6.42 Å². The van der Waals surface area contributed by atoms with Gasteiger partial charge in [-0.3, -0.25) is 9.59 Å². The van der Waals surface area contributed by atoms with E-state index in [-0.39, 0.29) is 36.8 Å². The standard InChI is InChI=1S/C17H25N3O2.ClH/c1-12-6-4-8-15(13(12)2)19-16(21)11-20(3)17(22)10-14-7-5-9-18-14;/h4,6,8,14,18H,5,7,9-11H2,1-3H3,(H,19,21);1H. The fourth-order valence-electron chi connectivity index (χ4n) is 2.68. The monoisotopic (exact) mass is 339 g/mol. The summed E-state index contributed by atoms with van der Waals surface area (Å²) in [5, 5.41) is 6.18. The molecular formula is C17H26ClN3O2. The Morgan fingerprint density at radius 2 is 2.09 bits per heavy atom. The number of anilines is 1. The van der Waals surface area contributed by atoms with E-state index in [1.807, 2.05) is 32.0 Å². The van der Waals surface area contributed by atoms with Crippen LogP contribution in [0, 0.1) is 13.8 Å². The molecule has 5 nitrogen and oxygen atoms in total. The average molecular weight is 340 g/mol. The predicted octanol–water partition coefficient (Wildman–Crippen LogP) is 2.26. The first-order chi connectivity index (χ1) is 10.5. The van der Waals surface area contributed by atoms with Crippen LogP contribution in [0.4, 0.5) is 5.69 Å². The maximum absolute atomic E-state index is 12.1. The van der Waals surface area contributed by atoms with Crippen LogP contribution >= 0.6 is 12.4 Å². The van der Waals surface area contributed by atoms with E-state index in [0.717, 1.165) is 36.2 Å². The molecule has 0 spiro atoms. The molecule has 0 aromatic heterocycles. The molecule has 1 aliphatic rings. The Morgan fingerprint density at radius 3 is 2.74 bits per heavy atom. The number of carbonyl (C=O) groups is 2. The Labute approximate surface area is 144 Å². The maximum Gasteiger partial charge on any atom is 0.243 e. The van der Waals surface area contributed by atoms with Crippen LogP contribution in [-0.4, -0.2) is 42.9 Å². The Balaban J connectivity index is 0.00000264. The SMILES string of the molecule is Cc1cccc(NC(=O)CN(C)C(=O)CC2CCCN2)c1C.Cl. The zero-order valence-corrected chi connectivity index (χ0v) is 14.8. The molecular weight excluding hydrogens is 314 g/mol. The third-order valence-corrected chi connectivity index (χ3v) is 4.27. The van der Waals surface area contributed by atoms with Gasteiger partial charge < -0.3 is 15.5 Å². The Morgan fingerprint density at radius 1 is 1.35 bits per heavy atom. The fraction of sp³-hybridized carbons (Fsp3) is 0.529. The summed E-state index contributed by atoms with van der Waals surface area (Å²) in [6, 6.07) is 6.07. The number of carbonyl (C=O) groups excluding carboxylic acids is 2. The molecule has 128 valence electrons. The lowest BCUT2D eigenvalue weighted by Gasteiger charge is -2.19. The summed E-state index contributed by atoms with van der Waals surface area (Å²) in [5.41, 5.74) is 3.00. The van der Waals surface area contributed by atoms with Gasteiger partial charge in [0.15, 0.2) is 0 Å². The zero-order chi connectivity index (χ0) is 16.1. The van der Waals surface area contributed by atoms with E-state index < -0.39 is 0 Å². The van der Waals surface area contributed by atoms with Crippen LogP contribution in [0.2, 0.25) is 0 Å². The summed E-state index contributed by atoms with van der Waals surface area (Å²) in [4.78, 5) is 25.7. The van der Waals surface area contributed by atoms with Gasteiger partial charge in [-0.25, -0.2) is 0 Å². The van der Waals surface area contributed by atoms with Crippen LogP contribution in [0.1, 0.15) is 30.4 Å². The topological polar surface area (TPSA) is 61.4 Å². The highest BCUT2D eigenvalue weighted by Gasteiger charge is 2.21. The Kier molecular flexibility index (Phi) is 7.52. The predicted molar refractivity (Wildman–Crippen MR) is 95.1 cm³/mol. The van der Waals surface area contributed by atoms with Gasteiger partial charge in [-0.05, 0) is 50.4 Å². The van der Waals surface area contributed by atoms with Gasteiger partial charge in [0.25, 0.3) is 0 Å². The van der Waals surface area contributed by atoms with Crippen LogP contribution in [0.25, 0.3) is 0 Å². The molecule has 2 N–H and O–H groups in total. The van der Waals surface area contributed by atoms with Crippen LogP contribution in [0.3, 0.4) is 0 Å². The van der Waals surface area contributed by atoms with Crippen molar-refractivity contribution in [2.75, 3.05) is 25.5 Å². The molecule has 1 aliphatic heterocycles. The van der Waals surface area contributed by atoms with Crippen LogP contribution in [-0.2, 0) is 9.59 Å². The maximum atomic E-state index is 12.1.